The van der Waals surface area contributed by atoms with Crippen molar-refractivity contribution in [2.45, 2.75) is 160 Å². The first-order chi connectivity index (χ1) is 30.2. The molecule has 2 amide bonds. The van der Waals surface area contributed by atoms with Crippen molar-refractivity contribution in [1.29, 1.82) is 0 Å². The van der Waals surface area contributed by atoms with E-state index in [-0.39, 0.29) is 18.0 Å². The third-order valence-corrected chi connectivity index (χ3v) is 12.6. The molecule has 6 saturated heterocycles. The molecule has 3 aromatic heterocycles. The van der Waals surface area contributed by atoms with E-state index < -0.39 is 11.2 Å². The van der Waals surface area contributed by atoms with E-state index in [0.29, 0.717) is 50.1 Å². The van der Waals surface area contributed by atoms with Gasteiger partial charge in [0.05, 0.1) is 29.2 Å². The van der Waals surface area contributed by atoms with E-state index in [2.05, 4.69) is 63.2 Å². The van der Waals surface area contributed by atoms with E-state index >= 15 is 0 Å². The Kier molecular flexibility index (Phi) is 17.6. The van der Waals surface area contributed by atoms with Gasteiger partial charge in [0.1, 0.15) is 17.0 Å². The molecule has 0 saturated carbocycles. The average Bonchev–Trinajstić information content (AvgIpc) is 4.12. The van der Waals surface area contributed by atoms with Crippen LogP contribution in [0, 0.1) is 0 Å². The zero-order valence-electron chi connectivity index (χ0n) is 38.9. The van der Waals surface area contributed by atoms with Gasteiger partial charge in [-0.05, 0) is 157 Å². The minimum atomic E-state index is -0.460. The Morgan fingerprint density at radius 2 is 1.03 bits per heavy atom. The summed E-state index contributed by atoms with van der Waals surface area (Å²) in [5.41, 5.74) is 2.86. The second kappa shape index (κ2) is 23.0. The van der Waals surface area contributed by atoms with E-state index in [4.69, 9.17) is 9.47 Å². The number of carbonyl (C=O) groups is 3. The second-order valence-electron chi connectivity index (χ2n) is 19.7. The fourth-order valence-electron chi connectivity index (χ4n) is 9.55. The van der Waals surface area contributed by atoms with Gasteiger partial charge < -0.3 is 29.9 Å². The second-order valence-corrected chi connectivity index (χ2v) is 19.7. The molecule has 0 radical (unpaired) electrons. The number of hydrogen-bond acceptors (Lipinski definition) is 12. The smallest absolute Gasteiger partial charge is 0.410 e. The number of hydrogen-bond donors (Lipinski definition) is 5. The van der Waals surface area contributed by atoms with Crippen molar-refractivity contribution in [3.63, 3.8) is 0 Å². The van der Waals surface area contributed by atoms with Gasteiger partial charge in [0, 0.05) is 75.7 Å². The van der Waals surface area contributed by atoms with Gasteiger partial charge in [-0.1, -0.05) is 0 Å². The SMILES string of the molecule is CC(C)(C)OC(=O)N1CCC(=O)CC1.CC(C)(C)OC(=O)N1CCC(N2CCCC2c2ccn[nH]2)CC1.c1cc(C2CCCN2)[nH]n1.c1cc(C2CCCN2C2CCNCC2)[nH]n1. The highest BCUT2D eigenvalue weighted by Gasteiger charge is 2.36. The molecule has 6 fully saturated rings. The molecule has 3 aromatic rings. The number of ketones is 1. The van der Waals surface area contributed by atoms with Crippen LogP contribution in [0.1, 0.15) is 154 Å². The van der Waals surface area contributed by atoms with E-state index in [1.54, 1.807) is 11.1 Å². The summed E-state index contributed by atoms with van der Waals surface area (Å²) in [6.45, 7) is 19.7. The molecule has 17 nitrogen and oxygen atoms in total. The van der Waals surface area contributed by atoms with E-state index in [1.807, 2.05) is 64.9 Å². The van der Waals surface area contributed by atoms with Crippen LogP contribution in [0.5, 0.6) is 0 Å². The lowest BCUT2D eigenvalue weighted by Gasteiger charge is -2.39. The summed E-state index contributed by atoms with van der Waals surface area (Å²) in [7, 11) is 0. The fourth-order valence-corrected chi connectivity index (χ4v) is 9.55. The number of piperidine rings is 3. The van der Waals surface area contributed by atoms with Crippen molar-refractivity contribution < 1.29 is 23.9 Å². The molecule has 3 atom stereocenters. The van der Waals surface area contributed by atoms with Crippen molar-refractivity contribution >= 4 is 18.0 Å². The van der Waals surface area contributed by atoms with Gasteiger partial charge in [0.25, 0.3) is 0 Å². The molecule has 17 heteroatoms. The number of Topliss-reactive ketones (excluding diaryl/α,β-unsaturated/α-hetero) is 1. The van der Waals surface area contributed by atoms with Crippen LogP contribution in [-0.4, -0.2) is 150 Å². The van der Waals surface area contributed by atoms with Gasteiger partial charge in [-0.25, -0.2) is 9.59 Å². The molecule has 9 rings (SSSR count). The summed E-state index contributed by atoms with van der Waals surface area (Å²) in [5, 5.41) is 28.1. The predicted octanol–water partition coefficient (Wildman–Crippen LogP) is 6.67. The van der Waals surface area contributed by atoms with E-state index in [1.165, 1.54) is 88.1 Å². The van der Waals surface area contributed by atoms with Crippen LogP contribution >= 0.6 is 0 Å². The number of likely N-dealkylation sites (tertiary alicyclic amines) is 4. The first-order valence-corrected chi connectivity index (χ1v) is 23.6. The molecule has 3 unspecified atom stereocenters. The Hall–Kier alpha value is -4.32. The monoisotopic (exact) mass is 877 g/mol. The average molecular weight is 877 g/mol. The van der Waals surface area contributed by atoms with Crippen LogP contribution in [-0.2, 0) is 14.3 Å². The number of carbonyl (C=O) groups excluding carboxylic acids is 3. The molecule has 9 heterocycles. The predicted molar refractivity (Wildman–Crippen MR) is 242 cm³/mol. The fraction of sp³-hybridized carbons (Fsp3) is 0.739. The lowest BCUT2D eigenvalue weighted by molar-refractivity contribution is -0.121. The molecular weight excluding hydrogens is 801 g/mol. The lowest BCUT2D eigenvalue weighted by atomic mass is 10.0. The maximum Gasteiger partial charge on any atom is 0.410 e. The molecule has 0 aliphatic carbocycles. The van der Waals surface area contributed by atoms with Gasteiger partial charge in [0.15, 0.2) is 0 Å². The number of rotatable bonds is 5. The van der Waals surface area contributed by atoms with Gasteiger partial charge in [-0.15, -0.1) is 0 Å². The zero-order chi connectivity index (χ0) is 44.8. The molecule has 0 bridgehead atoms. The lowest BCUT2D eigenvalue weighted by Crippen LogP contribution is -2.47. The summed E-state index contributed by atoms with van der Waals surface area (Å²) in [6.07, 6.45) is 18.1. The van der Waals surface area contributed by atoms with Crippen molar-refractivity contribution in [3.8, 4) is 0 Å². The first kappa shape index (κ1) is 48.1. The number of ether oxygens (including phenoxy) is 2. The minimum absolute atomic E-state index is 0.178. The van der Waals surface area contributed by atoms with Crippen LogP contribution in [0.4, 0.5) is 9.59 Å². The maximum absolute atomic E-state index is 12.2. The Balaban J connectivity index is 0.000000146. The largest absolute Gasteiger partial charge is 0.444 e. The van der Waals surface area contributed by atoms with Crippen LogP contribution in [0.15, 0.2) is 36.8 Å². The van der Waals surface area contributed by atoms with Crippen LogP contribution in [0.2, 0.25) is 0 Å². The third kappa shape index (κ3) is 14.9. The number of nitrogens with one attached hydrogen (secondary N) is 5. The maximum atomic E-state index is 12.2. The van der Waals surface area contributed by atoms with Gasteiger partial charge in [0.2, 0.25) is 0 Å². The summed E-state index contributed by atoms with van der Waals surface area (Å²) in [6, 6.07) is 9.14. The van der Waals surface area contributed by atoms with Gasteiger partial charge in [-0.3, -0.25) is 29.9 Å². The van der Waals surface area contributed by atoms with Crippen LogP contribution in [0.25, 0.3) is 0 Å². The standard InChI is InChI=1S/C17H28N4O2.C12H20N4.C10H17NO3.C7H11N3/c1-17(2,3)23-16(22)20-11-7-13(8-12-20)21-10-4-5-15(21)14-6-9-18-19-14;1-2-12(11-5-8-14-15-11)16(9-1)10-3-6-13-7-4-10;1-10(2,3)14-9(13)11-6-4-8(12)5-7-11;1-2-6(8-4-1)7-3-5-9-10-7/h6,9,13,15H,4-5,7-8,10-12H2,1-3H3,(H,18,19);5,8,10,12-13H,1-4,6-7,9H2,(H,14,15);4-7H2,1-3H3;3,5-6,8H,1-2,4H2,(H,9,10). The topological polar surface area (TPSA) is 193 Å². The summed E-state index contributed by atoms with van der Waals surface area (Å²) < 4.78 is 10.7. The highest BCUT2D eigenvalue weighted by molar-refractivity contribution is 5.81. The Morgan fingerprint density at radius 3 is 1.46 bits per heavy atom. The number of nitrogens with zero attached hydrogens (tertiary/aromatic N) is 7. The highest BCUT2D eigenvalue weighted by Crippen LogP contribution is 2.36. The van der Waals surface area contributed by atoms with Crippen molar-refractivity contribution in [1.82, 2.24) is 60.8 Å². The molecule has 63 heavy (non-hydrogen) atoms. The molecule has 6 aliphatic heterocycles. The number of aromatic nitrogens is 6. The van der Waals surface area contributed by atoms with Crippen LogP contribution < -0.4 is 10.6 Å². The van der Waals surface area contributed by atoms with Gasteiger partial charge >= 0.3 is 12.2 Å². The molecule has 5 N–H and O–H groups in total. The summed E-state index contributed by atoms with van der Waals surface area (Å²) in [5.74, 6) is 0.227. The molecule has 0 spiro atoms. The zero-order valence-corrected chi connectivity index (χ0v) is 38.9. The Labute approximate surface area is 374 Å². The normalized spacial score (nSPS) is 24.2. The first-order valence-electron chi connectivity index (χ1n) is 23.6. The highest BCUT2D eigenvalue weighted by atomic mass is 16.6. The Bertz CT molecular complexity index is 1760. The number of H-pyrrole nitrogens is 3. The van der Waals surface area contributed by atoms with E-state index in [9.17, 15) is 14.4 Å². The van der Waals surface area contributed by atoms with Crippen molar-refractivity contribution in [2.75, 3.05) is 58.9 Å². The van der Waals surface area contributed by atoms with Crippen molar-refractivity contribution in [2.24, 2.45) is 0 Å². The number of aromatic amines is 3. The summed E-state index contributed by atoms with van der Waals surface area (Å²) >= 11 is 0. The summed E-state index contributed by atoms with van der Waals surface area (Å²) in [4.78, 5) is 43.3. The number of amides is 2. The van der Waals surface area contributed by atoms with Crippen molar-refractivity contribution in [3.05, 3.63) is 53.9 Å². The molecule has 6 aliphatic rings. The van der Waals surface area contributed by atoms with E-state index in [0.717, 1.165) is 45.1 Å². The molecule has 350 valence electrons. The van der Waals surface area contributed by atoms with Gasteiger partial charge in [-0.2, -0.15) is 15.3 Å². The molecule has 0 aromatic carbocycles. The van der Waals surface area contributed by atoms with Crippen LogP contribution in [0.3, 0.4) is 0 Å². The quantitative estimate of drug-likeness (QED) is 0.183. The molecular formula is C46H76N12O5. The third-order valence-electron chi connectivity index (χ3n) is 12.6. The minimum Gasteiger partial charge on any atom is -0.444 e. The Morgan fingerprint density at radius 1 is 0.571 bits per heavy atom.